The standard InChI is InChI=1S/C22H21ClN2O5S/c1-29-19-8-6-18(7-9-19)25-31(27,28)21-12-10-20(11-13-21)30-15-22(26)24-14-16-2-4-17(23)5-3-16/h2-13,25H,14-15H2,1H3,(H,24,26). The predicted molar refractivity (Wildman–Crippen MR) is 119 cm³/mol. The highest BCUT2D eigenvalue weighted by molar-refractivity contribution is 7.92. The second kappa shape index (κ2) is 10.2. The van der Waals surface area contributed by atoms with Crippen LogP contribution in [-0.4, -0.2) is 28.0 Å². The van der Waals surface area contributed by atoms with Crippen LogP contribution in [0.3, 0.4) is 0 Å². The second-order valence-corrected chi connectivity index (χ2v) is 8.62. The van der Waals surface area contributed by atoms with E-state index in [0.717, 1.165) is 5.56 Å². The number of nitrogens with one attached hydrogen (secondary N) is 2. The van der Waals surface area contributed by atoms with Gasteiger partial charge in [-0.25, -0.2) is 8.42 Å². The summed E-state index contributed by atoms with van der Waals surface area (Å²) in [5.74, 6) is 0.708. The summed E-state index contributed by atoms with van der Waals surface area (Å²) in [5.41, 5.74) is 1.33. The molecule has 31 heavy (non-hydrogen) atoms. The van der Waals surface area contributed by atoms with E-state index in [2.05, 4.69) is 10.0 Å². The second-order valence-electron chi connectivity index (χ2n) is 6.50. The Morgan fingerprint density at radius 1 is 0.903 bits per heavy atom. The number of rotatable bonds is 9. The number of halogens is 1. The maximum atomic E-state index is 12.5. The Kier molecular flexibility index (Phi) is 7.38. The fraction of sp³-hybridized carbons (Fsp3) is 0.136. The fourth-order valence-electron chi connectivity index (χ4n) is 2.59. The highest BCUT2D eigenvalue weighted by atomic mass is 35.5. The van der Waals surface area contributed by atoms with E-state index < -0.39 is 10.0 Å². The Morgan fingerprint density at radius 3 is 2.13 bits per heavy atom. The van der Waals surface area contributed by atoms with Crippen LogP contribution in [0.2, 0.25) is 5.02 Å². The number of amides is 1. The molecule has 1 amide bonds. The molecule has 9 heteroatoms. The van der Waals surface area contributed by atoms with Crippen molar-refractivity contribution >= 4 is 33.2 Å². The largest absolute Gasteiger partial charge is 0.497 e. The van der Waals surface area contributed by atoms with Crippen LogP contribution in [0.1, 0.15) is 5.56 Å². The lowest BCUT2D eigenvalue weighted by molar-refractivity contribution is -0.123. The monoisotopic (exact) mass is 460 g/mol. The van der Waals surface area contributed by atoms with Gasteiger partial charge >= 0.3 is 0 Å². The lowest BCUT2D eigenvalue weighted by Gasteiger charge is -2.10. The third-order valence-corrected chi connectivity index (χ3v) is 5.90. The Balaban J connectivity index is 1.51. The first-order valence-electron chi connectivity index (χ1n) is 9.26. The maximum Gasteiger partial charge on any atom is 0.261 e. The summed E-state index contributed by atoms with van der Waals surface area (Å²) < 4.78 is 38.0. The van der Waals surface area contributed by atoms with E-state index in [-0.39, 0.29) is 17.4 Å². The normalized spacial score (nSPS) is 10.9. The zero-order chi connectivity index (χ0) is 22.3. The number of carbonyl (C=O) groups excluding carboxylic acids is 1. The molecule has 2 N–H and O–H groups in total. The minimum atomic E-state index is -3.76. The Hall–Kier alpha value is -3.23. The molecule has 0 heterocycles. The van der Waals surface area contributed by atoms with Gasteiger partial charge in [0.25, 0.3) is 15.9 Å². The van der Waals surface area contributed by atoms with Crippen molar-refractivity contribution in [3.8, 4) is 11.5 Å². The van der Waals surface area contributed by atoms with Gasteiger partial charge in [0.1, 0.15) is 11.5 Å². The number of methoxy groups -OCH3 is 1. The first kappa shape index (κ1) is 22.5. The summed E-state index contributed by atoms with van der Waals surface area (Å²) in [5, 5.41) is 3.37. The van der Waals surface area contributed by atoms with Gasteiger partial charge in [-0.05, 0) is 66.2 Å². The van der Waals surface area contributed by atoms with Crippen molar-refractivity contribution in [1.29, 1.82) is 0 Å². The summed E-state index contributed by atoms with van der Waals surface area (Å²) in [7, 11) is -2.22. The van der Waals surface area contributed by atoms with Crippen molar-refractivity contribution in [2.24, 2.45) is 0 Å². The molecular weight excluding hydrogens is 440 g/mol. The number of sulfonamides is 1. The molecule has 0 spiro atoms. The van der Waals surface area contributed by atoms with Gasteiger partial charge in [-0.3, -0.25) is 9.52 Å². The van der Waals surface area contributed by atoms with Crippen molar-refractivity contribution in [2.75, 3.05) is 18.4 Å². The minimum Gasteiger partial charge on any atom is -0.497 e. The number of benzene rings is 3. The van der Waals surface area contributed by atoms with E-state index in [1.165, 1.54) is 31.4 Å². The van der Waals surface area contributed by atoms with Crippen LogP contribution in [0.25, 0.3) is 0 Å². The molecule has 0 fully saturated rings. The first-order chi connectivity index (χ1) is 14.9. The van der Waals surface area contributed by atoms with Gasteiger partial charge in [0.15, 0.2) is 6.61 Å². The molecule has 3 aromatic rings. The summed E-state index contributed by atoms with van der Waals surface area (Å²) >= 11 is 5.83. The molecule has 0 saturated carbocycles. The van der Waals surface area contributed by atoms with Crippen LogP contribution in [0.5, 0.6) is 11.5 Å². The summed E-state index contributed by atoms with van der Waals surface area (Å²) in [6.45, 7) is 0.164. The van der Waals surface area contributed by atoms with Gasteiger partial charge in [-0.1, -0.05) is 23.7 Å². The van der Waals surface area contributed by atoms with Crippen molar-refractivity contribution in [3.63, 3.8) is 0 Å². The maximum absolute atomic E-state index is 12.5. The van der Waals surface area contributed by atoms with E-state index >= 15 is 0 Å². The topological polar surface area (TPSA) is 93.7 Å². The highest BCUT2D eigenvalue weighted by Crippen LogP contribution is 2.21. The van der Waals surface area contributed by atoms with E-state index in [0.29, 0.717) is 28.8 Å². The van der Waals surface area contributed by atoms with Crippen molar-refractivity contribution in [1.82, 2.24) is 5.32 Å². The molecule has 0 saturated heterocycles. The van der Waals surface area contributed by atoms with Crippen LogP contribution in [-0.2, 0) is 21.4 Å². The van der Waals surface area contributed by atoms with Gasteiger partial charge in [-0.15, -0.1) is 0 Å². The molecule has 0 atom stereocenters. The lowest BCUT2D eigenvalue weighted by atomic mass is 10.2. The average Bonchev–Trinajstić information content (AvgIpc) is 2.78. The van der Waals surface area contributed by atoms with Crippen LogP contribution in [0.4, 0.5) is 5.69 Å². The van der Waals surface area contributed by atoms with Crippen LogP contribution in [0, 0.1) is 0 Å². The van der Waals surface area contributed by atoms with Gasteiger partial charge in [0.05, 0.1) is 12.0 Å². The zero-order valence-electron chi connectivity index (χ0n) is 16.7. The van der Waals surface area contributed by atoms with Crippen LogP contribution < -0.4 is 19.5 Å². The zero-order valence-corrected chi connectivity index (χ0v) is 18.2. The van der Waals surface area contributed by atoms with Crippen LogP contribution >= 0.6 is 11.6 Å². The Morgan fingerprint density at radius 2 is 1.52 bits per heavy atom. The number of ether oxygens (including phenoxy) is 2. The fourth-order valence-corrected chi connectivity index (χ4v) is 3.78. The van der Waals surface area contributed by atoms with Crippen molar-refractivity contribution in [3.05, 3.63) is 83.4 Å². The van der Waals surface area contributed by atoms with E-state index in [1.54, 1.807) is 36.4 Å². The first-order valence-corrected chi connectivity index (χ1v) is 11.1. The van der Waals surface area contributed by atoms with Gasteiger partial charge in [-0.2, -0.15) is 0 Å². The summed E-state index contributed by atoms with van der Waals surface area (Å²) in [4.78, 5) is 12.0. The molecule has 3 aromatic carbocycles. The van der Waals surface area contributed by atoms with Gasteiger partial charge in [0, 0.05) is 17.3 Å². The minimum absolute atomic E-state index is 0.0721. The van der Waals surface area contributed by atoms with Crippen molar-refractivity contribution < 1.29 is 22.7 Å². The SMILES string of the molecule is COc1ccc(NS(=O)(=O)c2ccc(OCC(=O)NCc3ccc(Cl)cc3)cc2)cc1. The quantitative estimate of drug-likeness (QED) is 0.506. The molecule has 0 aliphatic heterocycles. The molecule has 3 rings (SSSR count). The Labute approximate surface area is 186 Å². The number of hydrogen-bond acceptors (Lipinski definition) is 5. The van der Waals surface area contributed by atoms with E-state index in [1.807, 2.05) is 12.1 Å². The van der Waals surface area contributed by atoms with E-state index in [4.69, 9.17) is 21.1 Å². The van der Waals surface area contributed by atoms with Crippen LogP contribution in [0.15, 0.2) is 77.7 Å². The number of anilines is 1. The molecule has 0 unspecified atom stereocenters. The summed E-state index contributed by atoms with van der Waals surface area (Å²) in [6, 6.07) is 19.5. The average molecular weight is 461 g/mol. The number of hydrogen-bond donors (Lipinski definition) is 2. The molecule has 7 nitrogen and oxygen atoms in total. The van der Waals surface area contributed by atoms with E-state index in [9.17, 15) is 13.2 Å². The van der Waals surface area contributed by atoms with Gasteiger partial charge < -0.3 is 14.8 Å². The molecule has 0 bridgehead atoms. The predicted octanol–water partition coefficient (Wildman–Crippen LogP) is 3.84. The molecular formula is C22H21ClN2O5S. The molecule has 0 aromatic heterocycles. The molecule has 0 radical (unpaired) electrons. The molecule has 0 aliphatic rings. The van der Waals surface area contributed by atoms with Gasteiger partial charge in [0.2, 0.25) is 0 Å². The lowest BCUT2D eigenvalue weighted by Crippen LogP contribution is -2.28. The molecule has 162 valence electrons. The number of carbonyl (C=O) groups is 1. The smallest absolute Gasteiger partial charge is 0.261 e. The molecule has 0 aliphatic carbocycles. The third-order valence-electron chi connectivity index (χ3n) is 4.25. The third kappa shape index (κ3) is 6.63. The highest BCUT2D eigenvalue weighted by Gasteiger charge is 2.14. The Bertz CT molecular complexity index is 1120. The van der Waals surface area contributed by atoms with Crippen molar-refractivity contribution in [2.45, 2.75) is 11.4 Å². The summed E-state index contributed by atoms with van der Waals surface area (Å²) in [6.07, 6.45) is 0.